The summed E-state index contributed by atoms with van der Waals surface area (Å²) in [6.07, 6.45) is 6.57. The van der Waals surface area contributed by atoms with Crippen LogP contribution in [0.5, 0.6) is 0 Å². The van der Waals surface area contributed by atoms with Gasteiger partial charge in [0.15, 0.2) is 5.96 Å². The van der Waals surface area contributed by atoms with Crippen molar-refractivity contribution in [1.82, 2.24) is 10.6 Å². The van der Waals surface area contributed by atoms with Crippen molar-refractivity contribution < 1.29 is 0 Å². The predicted molar refractivity (Wildman–Crippen MR) is 124 cm³/mol. The summed E-state index contributed by atoms with van der Waals surface area (Å²) in [7, 11) is 0. The smallest absolute Gasteiger partial charge is 0.191 e. The Morgan fingerprint density at radius 1 is 1.24 bits per heavy atom. The van der Waals surface area contributed by atoms with E-state index in [2.05, 4.69) is 79.0 Å². The predicted octanol–water partition coefficient (Wildman–Crippen LogP) is 3.88. The van der Waals surface area contributed by atoms with E-state index in [9.17, 15) is 0 Å². The number of hydrogen-bond acceptors (Lipinski definition) is 3. The maximum Gasteiger partial charge on any atom is 0.191 e. The molecule has 6 heteroatoms. The monoisotopic (exact) mass is 474 g/mol. The highest BCUT2D eigenvalue weighted by Gasteiger charge is 2.16. The van der Waals surface area contributed by atoms with Gasteiger partial charge in [-0.25, -0.2) is 4.99 Å². The molecule has 0 amide bonds. The van der Waals surface area contributed by atoms with E-state index in [1.54, 1.807) is 0 Å². The van der Waals surface area contributed by atoms with Crippen LogP contribution in [0.2, 0.25) is 0 Å². The van der Waals surface area contributed by atoms with Crippen LogP contribution >= 0.6 is 35.7 Å². The molecule has 0 atom stereocenters. The van der Waals surface area contributed by atoms with E-state index >= 15 is 0 Å². The summed E-state index contributed by atoms with van der Waals surface area (Å²) >= 11 is 1.86. The molecule has 140 valence electrons. The number of rotatable bonds is 7. The minimum Gasteiger partial charge on any atom is -0.364 e. The topological polar surface area (TPSA) is 39.7 Å². The molecule has 1 aromatic carbocycles. The Bertz CT molecular complexity index is 579. The van der Waals surface area contributed by atoms with E-state index < -0.39 is 0 Å². The van der Waals surface area contributed by atoms with E-state index in [0.717, 1.165) is 32.1 Å². The lowest BCUT2D eigenvalue weighted by Crippen LogP contribution is -2.43. The van der Waals surface area contributed by atoms with Crippen molar-refractivity contribution in [3.8, 4) is 0 Å². The van der Waals surface area contributed by atoms with E-state index in [-0.39, 0.29) is 28.7 Å². The quantitative estimate of drug-likeness (QED) is 0.273. The fraction of sp³-hybridized carbons (Fsp3) is 0.526. The van der Waals surface area contributed by atoms with Crippen LogP contribution in [-0.4, -0.2) is 43.1 Å². The van der Waals surface area contributed by atoms with Gasteiger partial charge in [-0.1, -0.05) is 24.3 Å². The number of benzene rings is 1. The maximum atomic E-state index is 4.74. The zero-order valence-electron chi connectivity index (χ0n) is 15.7. The molecule has 1 aliphatic heterocycles. The molecular formula is C19H31IN4S. The fourth-order valence-corrected chi connectivity index (χ4v) is 2.64. The summed E-state index contributed by atoms with van der Waals surface area (Å²) in [4.78, 5) is 7.10. The van der Waals surface area contributed by atoms with Crippen LogP contribution in [0.3, 0.4) is 0 Å². The van der Waals surface area contributed by atoms with Crippen molar-refractivity contribution in [3.63, 3.8) is 0 Å². The van der Waals surface area contributed by atoms with Crippen LogP contribution in [0.1, 0.15) is 26.3 Å². The van der Waals surface area contributed by atoms with Crippen LogP contribution in [0.25, 0.3) is 0 Å². The minimum absolute atomic E-state index is 0. The van der Waals surface area contributed by atoms with Gasteiger partial charge in [-0.05, 0) is 44.7 Å². The van der Waals surface area contributed by atoms with Crippen molar-refractivity contribution in [3.05, 3.63) is 42.0 Å². The average Bonchev–Trinajstić information content (AvgIpc) is 3.12. The number of guanidine groups is 1. The Labute approximate surface area is 174 Å². The largest absolute Gasteiger partial charge is 0.364 e. The molecule has 0 spiro atoms. The zero-order valence-corrected chi connectivity index (χ0v) is 18.9. The molecule has 2 rings (SSSR count). The second-order valence-corrected chi connectivity index (χ2v) is 8.07. The Morgan fingerprint density at radius 3 is 2.60 bits per heavy atom. The van der Waals surface area contributed by atoms with Gasteiger partial charge in [0.2, 0.25) is 0 Å². The van der Waals surface area contributed by atoms with Gasteiger partial charge in [-0.2, -0.15) is 11.8 Å². The molecule has 0 radical (unpaired) electrons. The first-order valence-corrected chi connectivity index (χ1v) is 9.83. The molecule has 1 aromatic rings. The summed E-state index contributed by atoms with van der Waals surface area (Å²) in [5.41, 5.74) is 2.51. The fourth-order valence-electron chi connectivity index (χ4n) is 2.42. The zero-order chi connectivity index (χ0) is 17.4. The molecule has 4 nitrogen and oxygen atoms in total. The number of anilines is 1. The molecular weight excluding hydrogens is 443 g/mol. The number of nitrogens with one attached hydrogen (secondary N) is 2. The number of halogens is 1. The maximum absolute atomic E-state index is 4.74. The van der Waals surface area contributed by atoms with E-state index in [4.69, 9.17) is 4.99 Å². The molecule has 0 saturated heterocycles. The highest BCUT2D eigenvalue weighted by molar-refractivity contribution is 14.0. The van der Waals surface area contributed by atoms with E-state index in [1.165, 1.54) is 11.3 Å². The first kappa shape index (κ1) is 22.2. The highest BCUT2D eigenvalue weighted by atomic mass is 127. The molecule has 2 N–H and O–H groups in total. The van der Waals surface area contributed by atoms with Gasteiger partial charge in [0.1, 0.15) is 0 Å². The molecule has 1 aliphatic rings. The van der Waals surface area contributed by atoms with Gasteiger partial charge in [-0.3, -0.25) is 0 Å². The second-order valence-electron chi connectivity index (χ2n) is 6.56. The number of thioether (sulfide) groups is 1. The molecule has 25 heavy (non-hydrogen) atoms. The first-order valence-electron chi connectivity index (χ1n) is 8.60. The molecule has 0 unspecified atom stereocenters. The van der Waals surface area contributed by atoms with Crippen LogP contribution < -0.4 is 15.5 Å². The Kier molecular flexibility index (Phi) is 9.71. The SMILES string of the molecule is CCNC(=NCc1cccc(N2CC=CC2)c1)NCC(C)(C)SC.I. The lowest BCUT2D eigenvalue weighted by molar-refractivity contribution is 0.665. The third kappa shape index (κ3) is 7.48. The standard InChI is InChI=1S/C19H30N4S.HI/c1-5-20-18(22-15-19(2,3)24-4)21-14-16-9-8-10-17(13-16)23-11-6-7-12-23;/h6-10,13H,5,11-12,14-15H2,1-4H3,(H2,20,21,22);1H. The van der Waals surface area contributed by atoms with Gasteiger partial charge in [-0.15, -0.1) is 24.0 Å². The Hall–Kier alpha value is -0.890. The lowest BCUT2D eigenvalue weighted by atomic mass is 10.2. The van der Waals surface area contributed by atoms with Crippen LogP contribution in [0, 0.1) is 0 Å². The first-order chi connectivity index (χ1) is 11.5. The van der Waals surface area contributed by atoms with Gasteiger partial charge in [0.25, 0.3) is 0 Å². The summed E-state index contributed by atoms with van der Waals surface area (Å²) in [6.45, 7) is 11.0. The van der Waals surface area contributed by atoms with Gasteiger partial charge in [0, 0.05) is 36.6 Å². The molecule has 0 fully saturated rings. The Balaban J connectivity index is 0.00000312. The van der Waals surface area contributed by atoms with E-state index in [1.807, 2.05) is 11.8 Å². The molecule has 0 saturated carbocycles. The number of nitrogens with zero attached hydrogens (tertiary/aromatic N) is 2. The summed E-state index contributed by atoms with van der Waals surface area (Å²) < 4.78 is 0.193. The van der Waals surface area contributed by atoms with E-state index in [0.29, 0.717) is 6.54 Å². The molecule has 1 heterocycles. The van der Waals surface area contributed by atoms with Crippen LogP contribution in [-0.2, 0) is 6.54 Å². The molecule has 0 aliphatic carbocycles. The number of aliphatic imine (C=N–C) groups is 1. The third-order valence-electron chi connectivity index (χ3n) is 4.09. The van der Waals surface area contributed by atoms with Crippen molar-refractivity contribution >= 4 is 47.4 Å². The van der Waals surface area contributed by atoms with Crippen molar-refractivity contribution in [2.75, 3.05) is 37.3 Å². The molecule has 0 aromatic heterocycles. The number of hydrogen-bond donors (Lipinski definition) is 2. The van der Waals surface area contributed by atoms with Crippen LogP contribution in [0.4, 0.5) is 5.69 Å². The third-order valence-corrected chi connectivity index (χ3v) is 5.34. The lowest BCUT2D eigenvalue weighted by Gasteiger charge is -2.23. The Morgan fingerprint density at radius 2 is 1.96 bits per heavy atom. The average molecular weight is 474 g/mol. The second kappa shape index (κ2) is 11.0. The van der Waals surface area contributed by atoms with Crippen molar-refractivity contribution in [2.45, 2.75) is 32.1 Å². The minimum atomic E-state index is 0. The summed E-state index contributed by atoms with van der Waals surface area (Å²) in [5, 5.41) is 6.78. The van der Waals surface area contributed by atoms with Crippen LogP contribution in [0.15, 0.2) is 41.4 Å². The van der Waals surface area contributed by atoms with Crippen molar-refractivity contribution in [2.24, 2.45) is 4.99 Å². The van der Waals surface area contributed by atoms with Gasteiger partial charge >= 0.3 is 0 Å². The highest BCUT2D eigenvalue weighted by Crippen LogP contribution is 2.20. The summed E-state index contributed by atoms with van der Waals surface area (Å²) in [5.74, 6) is 0.882. The molecule has 0 bridgehead atoms. The van der Waals surface area contributed by atoms with Crippen molar-refractivity contribution in [1.29, 1.82) is 0 Å². The van der Waals surface area contributed by atoms with Gasteiger partial charge in [0.05, 0.1) is 6.54 Å². The summed E-state index contributed by atoms with van der Waals surface area (Å²) in [6, 6.07) is 8.68. The van der Waals surface area contributed by atoms with Gasteiger partial charge < -0.3 is 15.5 Å². The normalized spacial score (nSPS) is 14.4.